The van der Waals surface area contributed by atoms with Gasteiger partial charge in [0.05, 0.1) is 22.6 Å². The average molecular weight is 481 g/mol. The Hall–Kier alpha value is -3.50. The molecule has 4 rings (SSSR count). The van der Waals surface area contributed by atoms with Crippen molar-refractivity contribution >= 4 is 46.0 Å². The van der Waals surface area contributed by atoms with Crippen molar-refractivity contribution in [3.63, 3.8) is 0 Å². The molecule has 0 unspecified atom stereocenters. The smallest absolute Gasteiger partial charge is 0.311 e. The predicted molar refractivity (Wildman–Crippen MR) is 132 cm³/mol. The fraction of sp³-hybridized carbons (Fsp3) is 0.174. The number of thiocarbonyl (C=S) groups is 1. The van der Waals surface area contributed by atoms with E-state index in [2.05, 4.69) is 5.10 Å². The minimum atomic E-state index is -0.494. The van der Waals surface area contributed by atoms with Crippen LogP contribution in [0.2, 0.25) is 0 Å². The topological polar surface area (TPSA) is 90.5 Å². The summed E-state index contributed by atoms with van der Waals surface area (Å²) in [7, 11) is 1.38. The largest absolute Gasteiger partial charge is 0.490 e. The Balaban J connectivity index is 1.85. The van der Waals surface area contributed by atoms with Crippen LogP contribution in [0, 0.1) is 10.1 Å². The Morgan fingerprint density at radius 1 is 1.24 bits per heavy atom. The number of rotatable bonds is 7. The van der Waals surface area contributed by atoms with Crippen molar-refractivity contribution in [3.8, 4) is 22.7 Å². The van der Waals surface area contributed by atoms with Gasteiger partial charge in [-0.1, -0.05) is 49.1 Å². The predicted octanol–water partition coefficient (Wildman–Crippen LogP) is 5.07. The van der Waals surface area contributed by atoms with E-state index in [0.717, 1.165) is 12.1 Å². The number of benzene rings is 2. The Kier molecular flexibility index (Phi) is 6.57. The molecule has 0 saturated carbocycles. The number of nitro benzene ring substituents is 1. The number of para-hydroxylation sites is 1. The second-order valence-corrected chi connectivity index (χ2v) is 8.87. The maximum Gasteiger partial charge on any atom is 0.311 e. The molecular weight excluding hydrogens is 460 g/mol. The van der Waals surface area contributed by atoms with Gasteiger partial charge in [-0.15, -0.1) is 0 Å². The van der Waals surface area contributed by atoms with E-state index in [-0.39, 0.29) is 17.3 Å². The number of nitrogens with zero attached hydrogens (tertiary/aromatic N) is 4. The van der Waals surface area contributed by atoms with E-state index in [4.69, 9.17) is 17.0 Å². The van der Waals surface area contributed by atoms with Crippen LogP contribution in [0.25, 0.3) is 23.0 Å². The fourth-order valence-electron chi connectivity index (χ4n) is 3.47. The Morgan fingerprint density at radius 3 is 2.67 bits per heavy atom. The number of amides is 1. The number of nitro groups is 1. The maximum atomic E-state index is 12.9. The summed E-state index contributed by atoms with van der Waals surface area (Å²) >= 11 is 6.62. The van der Waals surface area contributed by atoms with Crippen LogP contribution in [0.15, 0.2) is 59.6 Å². The van der Waals surface area contributed by atoms with Crippen molar-refractivity contribution in [3.05, 3.63) is 75.3 Å². The summed E-state index contributed by atoms with van der Waals surface area (Å²) in [4.78, 5) is 26.0. The van der Waals surface area contributed by atoms with E-state index in [0.29, 0.717) is 32.6 Å². The number of aromatic nitrogens is 2. The van der Waals surface area contributed by atoms with Crippen molar-refractivity contribution in [1.29, 1.82) is 0 Å². The van der Waals surface area contributed by atoms with Gasteiger partial charge in [0.15, 0.2) is 5.75 Å². The quantitative estimate of drug-likeness (QED) is 0.202. The molecule has 3 aromatic rings. The molecule has 2 heterocycles. The van der Waals surface area contributed by atoms with Crippen molar-refractivity contribution in [2.45, 2.75) is 13.3 Å². The molecule has 1 aliphatic rings. The van der Waals surface area contributed by atoms with Crippen molar-refractivity contribution in [2.24, 2.45) is 0 Å². The molecule has 0 bridgehead atoms. The van der Waals surface area contributed by atoms with Gasteiger partial charge in [0, 0.05) is 29.9 Å². The number of carbonyl (C=O) groups excluding carboxylic acids is 1. The minimum Gasteiger partial charge on any atom is -0.490 e. The number of hydrogen-bond acceptors (Lipinski definition) is 7. The molecule has 33 heavy (non-hydrogen) atoms. The van der Waals surface area contributed by atoms with Crippen LogP contribution in [-0.4, -0.2) is 43.5 Å². The van der Waals surface area contributed by atoms with Crippen LogP contribution in [0.5, 0.6) is 5.75 Å². The van der Waals surface area contributed by atoms with Crippen molar-refractivity contribution in [2.75, 3.05) is 13.7 Å². The first kappa shape index (κ1) is 22.7. The summed E-state index contributed by atoms with van der Waals surface area (Å²) in [5, 5.41) is 16.2. The molecule has 0 spiro atoms. The second kappa shape index (κ2) is 9.55. The molecule has 1 saturated heterocycles. The van der Waals surface area contributed by atoms with Gasteiger partial charge in [-0.3, -0.25) is 19.8 Å². The third-order valence-electron chi connectivity index (χ3n) is 5.02. The van der Waals surface area contributed by atoms with E-state index in [1.54, 1.807) is 34.0 Å². The molecule has 1 aromatic heterocycles. The molecular formula is C23H20N4O4S2. The van der Waals surface area contributed by atoms with Gasteiger partial charge in [-0.05, 0) is 36.8 Å². The van der Waals surface area contributed by atoms with Crippen LogP contribution < -0.4 is 4.74 Å². The number of methoxy groups -OCH3 is 1. The molecule has 1 fully saturated rings. The standard InChI is InChI=1S/C23H20N4O4S2/c1-3-11-25-22(28)20(33-23(25)32)13-16-14-26(17-7-5-4-6-8-17)24-21(16)15-9-10-19(31-2)18(12-15)27(29)30/h4-10,12-14H,3,11H2,1-2H3. The van der Waals surface area contributed by atoms with Gasteiger partial charge in [-0.25, -0.2) is 4.68 Å². The SMILES string of the molecule is CCCN1C(=O)C(=Cc2cn(-c3ccccc3)nc2-c2ccc(OC)c([N+](=O)[O-])c2)SC1=S. The van der Waals surface area contributed by atoms with Crippen LogP contribution in [-0.2, 0) is 4.79 Å². The first-order valence-electron chi connectivity index (χ1n) is 10.2. The second-order valence-electron chi connectivity index (χ2n) is 7.19. The van der Waals surface area contributed by atoms with Gasteiger partial charge >= 0.3 is 5.69 Å². The van der Waals surface area contributed by atoms with E-state index in [1.807, 2.05) is 37.3 Å². The van der Waals surface area contributed by atoms with Crippen LogP contribution in [0.3, 0.4) is 0 Å². The summed E-state index contributed by atoms with van der Waals surface area (Å²) < 4.78 is 7.33. The lowest BCUT2D eigenvalue weighted by atomic mass is 10.1. The lowest BCUT2D eigenvalue weighted by Gasteiger charge is -2.11. The van der Waals surface area contributed by atoms with E-state index >= 15 is 0 Å². The maximum absolute atomic E-state index is 12.9. The highest BCUT2D eigenvalue weighted by Gasteiger charge is 2.31. The average Bonchev–Trinajstić information content (AvgIpc) is 3.36. The first-order valence-corrected chi connectivity index (χ1v) is 11.4. The molecule has 8 nitrogen and oxygen atoms in total. The molecule has 10 heteroatoms. The zero-order valence-electron chi connectivity index (χ0n) is 17.9. The van der Waals surface area contributed by atoms with Crippen molar-refractivity contribution < 1.29 is 14.5 Å². The highest BCUT2D eigenvalue weighted by molar-refractivity contribution is 8.26. The third-order valence-corrected chi connectivity index (χ3v) is 6.40. The summed E-state index contributed by atoms with van der Waals surface area (Å²) in [6, 6.07) is 14.2. The Labute approximate surface area is 200 Å². The molecule has 0 aliphatic carbocycles. The first-order chi connectivity index (χ1) is 15.9. The number of carbonyl (C=O) groups is 1. The molecule has 0 radical (unpaired) electrons. The van der Waals surface area contributed by atoms with E-state index < -0.39 is 4.92 Å². The summed E-state index contributed by atoms with van der Waals surface area (Å²) in [6.45, 7) is 2.55. The highest BCUT2D eigenvalue weighted by Crippen LogP contribution is 2.37. The van der Waals surface area contributed by atoms with E-state index in [1.165, 1.54) is 24.9 Å². The normalized spacial score (nSPS) is 14.8. The zero-order valence-corrected chi connectivity index (χ0v) is 19.6. The highest BCUT2D eigenvalue weighted by atomic mass is 32.2. The van der Waals surface area contributed by atoms with Gasteiger partial charge in [0.1, 0.15) is 10.0 Å². The molecule has 0 atom stereocenters. The van der Waals surface area contributed by atoms with Gasteiger partial charge in [0.25, 0.3) is 5.91 Å². The van der Waals surface area contributed by atoms with Gasteiger partial charge in [-0.2, -0.15) is 5.10 Å². The van der Waals surface area contributed by atoms with Crippen LogP contribution in [0.4, 0.5) is 5.69 Å². The zero-order chi connectivity index (χ0) is 23.5. The van der Waals surface area contributed by atoms with E-state index in [9.17, 15) is 14.9 Å². The molecule has 1 amide bonds. The summed E-state index contributed by atoms with van der Waals surface area (Å²) in [5.74, 6) is 0.0131. The number of ether oxygens (including phenoxy) is 1. The number of thioether (sulfide) groups is 1. The minimum absolute atomic E-state index is 0.147. The monoisotopic (exact) mass is 480 g/mol. The third kappa shape index (κ3) is 4.53. The fourth-order valence-corrected chi connectivity index (χ4v) is 4.77. The van der Waals surface area contributed by atoms with Crippen LogP contribution >= 0.6 is 24.0 Å². The lowest BCUT2D eigenvalue weighted by molar-refractivity contribution is -0.385. The Bertz CT molecular complexity index is 1270. The molecule has 1 aliphatic heterocycles. The summed E-state index contributed by atoms with van der Waals surface area (Å²) in [5.41, 5.74) is 2.34. The molecule has 2 aromatic carbocycles. The van der Waals surface area contributed by atoms with Crippen LogP contribution in [0.1, 0.15) is 18.9 Å². The summed E-state index contributed by atoms with van der Waals surface area (Å²) in [6.07, 6.45) is 4.34. The molecule has 168 valence electrons. The van der Waals surface area contributed by atoms with Gasteiger partial charge in [0.2, 0.25) is 0 Å². The molecule has 0 N–H and O–H groups in total. The number of hydrogen-bond donors (Lipinski definition) is 0. The Morgan fingerprint density at radius 2 is 2.00 bits per heavy atom. The van der Waals surface area contributed by atoms with Crippen molar-refractivity contribution in [1.82, 2.24) is 14.7 Å². The van der Waals surface area contributed by atoms with Gasteiger partial charge < -0.3 is 4.74 Å². The lowest BCUT2D eigenvalue weighted by Crippen LogP contribution is -2.28.